The van der Waals surface area contributed by atoms with Crippen molar-refractivity contribution in [3.8, 4) is 0 Å². The fourth-order valence-electron chi connectivity index (χ4n) is 1.03. The van der Waals surface area contributed by atoms with Crippen LogP contribution in [-0.2, 0) is 0 Å². The van der Waals surface area contributed by atoms with Gasteiger partial charge in [0.1, 0.15) is 0 Å². The molecule has 0 atom stereocenters. The lowest BCUT2D eigenvalue weighted by Gasteiger charge is -2.08. The van der Waals surface area contributed by atoms with Gasteiger partial charge in [0.05, 0.1) is 6.34 Å². The van der Waals surface area contributed by atoms with Crippen molar-refractivity contribution in [3.05, 3.63) is 47.9 Å². The Bertz CT molecular complexity index is 304. The van der Waals surface area contributed by atoms with Crippen LogP contribution in [0.15, 0.2) is 52.8 Å². The first-order valence-electron chi connectivity index (χ1n) is 3.50. The van der Waals surface area contributed by atoms with Gasteiger partial charge in [-0.15, -0.1) is 0 Å². The van der Waals surface area contributed by atoms with Gasteiger partial charge in [0.15, 0.2) is 0 Å². The monoisotopic (exact) mass is 144 g/mol. The molecule has 2 aliphatic rings. The van der Waals surface area contributed by atoms with E-state index >= 15 is 0 Å². The highest BCUT2D eigenvalue weighted by atomic mass is 15.0. The molecule has 0 bridgehead atoms. The maximum absolute atomic E-state index is 3.99. The second-order valence-corrected chi connectivity index (χ2v) is 2.33. The molecule has 0 aromatic carbocycles. The number of rotatable bonds is 0. The van der Waals surface area contributed by atoms with Crippen LogP contribution in [0.4, 0.5) is 0 Å². The highest BCUT2D eigenvalue weighted by Gasteiger charge is 2.02. The lowest BCUT2D eigenvalue weighted by atomic mass is 10.2. The van der Waals surface area contributed by atoms with E-state index in [-0.39, 0.29) is 0 Å². The first-order valence-corrected chi connectivity index (χ1v) is 3.50. The zero-order valence-corrected chi connectivity index (χ0v) is 5.99. The fourth-order valence-corrected chi connectivity index (χ4v) is 1.03. The molecule has 0 radical (unpaired) electrons. The Morgan fingerprint density at radius 2 is 2.18 bits per heavy atom. The van der Waals surface area contributed by atoms with Gasteiger partial charge < -0.3 is 5.32 Å². The van der Waals surface area contributed by atoms with Gasteiger partial charge in [-0.05, 0) is 6.08 Å². The van der Waals surface area contributed by atoms with E-state index < -0.39 is 0 Å². The van der Waals surface area contributed by atoms with Crippen LogP contribution in [0.2, 0.25) is 0 Å². The van der Waals surface area contributed by atoms with Crippen LogP contribution in [0.5, 0.6) is 0 Å². The number of hydrogen-bond acceptors (Lipinski definition) is 2. The van der Waals surface area contributed by atoms with Crippen LogP contribution in [0, 0.1) is 0 Å². The lowest BCUT2D eigenvalue weighted by Crippen LogP contribution is -2.14. The van der Waals surface area contributed by atoms with Gasteiger partial charge in [-0.25, -0.2) is 4.99 Å². The predicted molar refractivity (Wildman–Crippen MR) is 46.1 cm³/mol. The van der Waals surface area contributed by atoms with Crippen molar-refractivity contribution in [1.82, 2.24) is 5.32 Å². The third-order valence-electron chi connectivity index (χ3n) is 1.58. The predicted octanol–water partition coefficient (Wildman–Crippen LogP) is 1.51. The molecule has 0 unspecified atom stereocenters. The van der Waals surface area contributed by atoms with E-state index in [9.17, 15) is 0 Å². The molecule has 0 saturated carbocycles. The molecule has 2 nitrogen and oxygen atoms in total. The quantitative estimate of drug-likeness (QED) is 0.547. The van der Waals surface area contributed by atoms with E-state index in [1.807, 2.05) is 36.6 Å². The third kappa shape index (κ3) is 1.15. The van der Waals surface area contributed by atoms with Gasteiger partial charge in [0.2, 0.25) is 0 Å². The molecular formula is C9H8N2. The highest BCUT2D eigenvalue weighted by molar-refractivity contribution is 5.65. The van der Waals surface area contributed by atoms with E-state index in [0.717, 1.165) is 11.3 Å². The van der Waals surface area contributed by atoms with Crippen molar-refractivity contribution in [3.63, 3.8) is 0 Å². The summed E-state index contributed by atoms with van der Waals surface area (Å²) in [5, 5.41) is 3.06. The Labute approximate surface area is 65.3 Å². The summed E-state index contributed by atoms with van der Waals surface area (Å²) in [5.74, 6) is 0. The Hall–Kier alpha value is -1.57. The summed E-state index contributed by atoms with van der Waals surface area (Å²) < 4.78 is 0. The molecule has 11 heavy (non-hydrogen) atoms. The van der Waals surface area contributed by atoms with E-state index in [1.54, 1.807) is 6.34 Å². The van der Waals surface area contributed by atoms with Crippen LogP contribution < -0.4 is 5.32 Å². The Morgan fingerprint density at radius 1 is 1.18 bits per heavy atom. The number of nitrogens with one attached hydrogen (secondary N) is 1. The minimum atomic E-state index is 1.10. The first-order chi connectivity index (χ1) is 5.47. The van der Waals surface area contributed by atoms with E-state index in [1.165, 1.54) is 0 Å². The molecule has 2 rings (SSSR count). The van der Waals surface area contributed by atoms with Crippen LogP contribution in [0.1, 0.15) is 0 Å². The zero-order valence-electron chi connectivity index (χ0n) is 5.99. The van der Waals surface area contributed by atoms with Crippen LogP contribution >= 0.6 is 0 Å². The Morgan fingerprint density at radius 3 is 3.18 bits per heavy atom. The van der Waals surface area contributed by atoms with Crippen molar-refractivity contribution in [2.45, 2.75) is 0 Å². The van der Waals surface area contributed by atoms with Gasteiger partial charge >= 0.3 is 0 Å². The van der Waals surface area contributed by atoms with Gasteiger partial charge in [-0.3, -0.25) is 0 Å². The average molecular weight is 144 g/mol. The van der Waals surface area contributed by atoms with Gasteiger partial charge in [-0.1, -0.05) is 24.3 Å². The second-order valence-electron chi connectivity index (χ2n) is 2.33. The summed E-state index contributed by atoms with van der Waals surface area (Å²) in [4.78, 5) is 3.99. The Balaban J connectivity index is 2.44. The molecule has 0 aromatic rings. The third-order valence-corrected chi connectivity index (χ3v) is 1.58. The smallest absolute Gasteiger partial charge is 0.0923 e. The number of hydrogen-bond donors (Lipinski definition) is 1. The fraction of sp³-hybridized carbons (Fsp3) is 0. The summed E-state index contributed by atoms with van der Waals surface area (Å²) >= 11 is 0. The molecule has 0 fully saturated rings. The minimum Gasteiger partial charge on any atom is -0.346 e. The molecule has 1 heterocycles. The zero-order chi connectivity index (χ0) is 7.52. The van der Waals surface area contributed by atoms with E-state index in [0.29, 0.717) is 0 Å². The van der Waals surface area contributed by atoms with E-state index in [4.69, 9.17) is 0 Å². The van der Waals surface area contributed by atoms with Gasteiger partial charge in [0.25, 0.3) is 0 Å². The highest BCUT2D eigenvalue weighted by Crippen LogP contribution is 2.13. The standard InChI is InChI=1S/C9H8N2/c1-2-4-8-6-10-7-11-9(8)5-3-1/h1-7H,(H,10,11). The molecule has 1 aliphatic heterocycles. The molecule has 54 valence electrons. The molecule has 0 saturated heterocycles. The molecule has 1 aliphatic carbocycles. The summed E-state index contributed by atoms with van der Waals surface area (Å²) in [6, 6.07) is 0. The number of nitrogens with zero attached hydrogens (tertiary/aromatic N) is 1. The molecule has 1 N–H and O–H groups in total. The maximum atomic E-state index is 3.99. The topological polar surface area (TPSA) is 24.4 Å². The summed E-state index contributed by atoms with van der Waals surface area (Å²) in [6.07, 6.45) is 13.6. The van der Waals surface area contributed by atoms with Gasteiger partial charge in [0, 0.05) is 17.5 Å². The minimum absolute atomic E-state index is 1.10. The van der Waals surface area contributed by atoms with Crippen LogP contribution in [-0.4, -0.2) is 6.34 Å². The van der Waals surface area contributed by atoms with Crippen molar-refractivity contribution in [2.75, 3.05) is 0 Å². The van der Waals surface area contributed by atoms with Crippen molar-refractivity contribution in [2.24, 2.45) is 4.99 Å². The van der Waals surface area contributed by atoms with Crippen molar-refractivity contribution >= 4 is 6.34 Å². The normalized spacial score (nSPS) is 19.6. The average Bonchev–Trinajstić information content (AvgIpc) is 2.28. The van der Waals surface area contributed by atoms with Crippen LogP contribution in [0.3, 0.4) is 0 Å². The molecule has 0 amide bonds. The molecule has 0 aromatic heterocycles. The summed E-state index contributed by atoms with van der Waals surface area (Å²) in [6.45, 7) is 0. The lowest BCUT2D eigenvalue weighted by molar-refractivity contribution is 1.14. The Kier molecular flexibility index (Phi) is 1.44. The molecule has 2 heteroatoms. The first kappa shape index (κ1) is 6.16. The maximum Gasteiger partial charge on any atom is 0.0923 e. The van der Waals surface area contributed by atoms with E-state index in [2.05, 4.69) is 10.3 Å². The molecule has 0 spiro atoms. The van der Waals surface area contributed by atoms with Crippen LogP contribution in [0.25, 0.3) is 0 Å². The van der Waals surface area contributed by atoms with Gasteiger partial charge in [-0.2, -0.15) is 0 Å². The number of fused-ring (bicyclic) bond motifs is 1. The largest absolute Gasteiger partial charge is 0.346 e. The van der Waals surface area contributed by atoms with Crippen molar-refractivity contribution < 1.29 is 0 Å². The second kappa shape index (κ2) is 2.58. The SMILES string of the molecule is C1=CC=C2NC=NC=C2C=C1. The summed E-state index contributed by atoms with van der Waals surface area (Å²) in [7, 11) is 0. The number of allylic oxidation sites excluding steroid dienone is 5. The molecular weight excluding hydrogens is 136 g/mol. The van der Waals surface area contributed by atoms with Crippen molar-refractivity contribution in [1.29, 1.82) is 0 Å². The summed E-state index contributed by atoms with van der Waals surface area (Å²) in [5.41, 5.74) is 2.22. The number of aliphatic imine (C=N–C) groups is 1.